The van der Waals surface area contributed by atoms with Gasteiger partial charge in [0.1, 0.15) is 5.82 Å². The van der Waals surface area contributed by atoms with E-state index in [1.807, 2.05) is 6.07 Å². The van der Waals surface area contributed by atoms with E-state index >= 15 is 0 Å². The third kappa shape index (κ3) is 3.60. The first-order valence-electron chi connectivity index (χ1n) is 6.12. The first-order valence-corrected chi connectivity index (χ1v) is 6.12. The lowest BCUT2D eigenvalue weighted by molar-refractivity contribution is 0.0649. The summed E-state index contributed by atoms with van der Waals surface area (Å²) in [5.41, 5.74) is 6.41. The number of hydrogen-bond donors (Lipinski definition) is 2. The molecule has 0 spiro atoms. The minimum atomic E-state index is -0.360. The van der Waals surface area contributed by atoms with Gasteiger partial charge in [0.05, 0.1) is 5.69 Å². The first-order chi connectivity index (χ1) is 8.25. The van der Waals surface area contributed by atoms with Crippen molar-refractivity contribution in [3.8, 4) is 0 Å². The summed E-state index contributed by atoms with van der Waals surface area (Å²) >= 11 is 0. The Morgan fingerprint density at radius 2 is 2.12 bits per heavy atom. The maximum Gasteiger partial charge on any atom is 0.148 e. The second-order valence-corrected chi connectivity index (χ2v) is 4.51. The van der Waals surface area contributed by atoms with Crippen LogP contribution < -0.4 is 11.1 Å². The van der Waals surface area contributed by atoms with Gasteiger partial charge in [-0.1, -0.05) is 0 Å². The van der Waals surface area contributed by atoms with Crippen molar-refractivity contribution >= 4 is 11.4 Å². The van der Waals surface area contributed by atoms with Crippen LogP contribution in [0, 0.1) is 11.7 Å². The smallest absolute Gasteiger partial charge is 0.148 e. The molecule has 3 nitrogen and oxygen atoms in total. The van der Waals surface area contributed by atoms with Gasteiger partial charge in [-0.3, -0.25) is 0 Å². The van der Waals surface area contributed by atoms with Gasteiger partial charge in [0, 0.05) is 25.4 Å². The molecular weight excluding hydrogens is 219 g/mol. The predicted octanol–water partition coefficient (Wildman–Crippen LogP) is 2.64. The molecule has 17 heavy (non-hydrogen) atoms. The van der Waals surface area contributed by atoms with Gasteiger partial charge >= 0.3 is 0 Å². The second kappa shape index (κ2) is 5.87. The number of rotatable bonds is 4. The van der Waals surface area contributed by atoms with Crippen LogP contribution in [0.25, 0.3) is 0 Å². The number of halogens is 1. The molecule has 0 amide bonds. The minimum absolute atomic E-state index is 0.194. The quantitative estimate of drug-likeness (QED) is 0.793. The van der Waals surface area contributed by atoms with Gasteiger partial charge in [0.25, 0.3) is 0 Å². The predicted molar refractivity (Wildman–Crippen MR) is 67.5 cm³/mol. The van der Waals surface area contributed by atoms with Crippen LogP contribution in [0.1, 0.15) is 19.3 Å². The summed E-state index contributed by atoms with van der Waals surface area (Å²) < 4.78 is 18.5. The van der Waals surface area contributed by atoms with Gasteiger partial charge in [0.15, 0.2) is 0 Å². The van der Waals surface area contributed by atoms with Crippen molar-refractivity contribution in [2.45, 2.75) is 19.3 Å². The van der Waals surface area contributed by atoms with Gasteiger partial charge < -0.3 is 15.8 Å². The van der Waals surface area contributed by atoms with Crippen molar-refractivity contribution in [2.24, 2.45) is 5.92 Å². The molecule has 0 unspecified atom stereocenters. The maximum absolute atomic E-state index is 13.2. The maximum atomic E-state index is 13.2. The average Bonchev–Trinajstić information content (AvgIpc) is 2.35. The minimum Gasteiger partial charge on any atom is -0.396 e. The van der Waals surface area contributed by atoms with Crippen LogP contribution in [0.5, 0.6) is 0 Å². The standard InChI is InChI=1S/C13H19FN2O/c14-12-9-11(1-2-13(12)15)16-6-3-10-4-7-17-8-5-10/h1-2,9-10,16H,3-8,15H2. The summed E-state index contributed by atoms with van der Waals surface area (Å²) in [5, 5.41) is 3.22. The molecule has 1 fully saturated rings. The Labute approximate surface area is 101 Å². The highest BCUT2D eigenvalue weighted by atomic mass is 19.1. The fourth-order valence-electron chi connectivity index (χ4n) is 2.09. The summed E-state index contributed by atoms with van der Waals surface area (Å²) in [5.74, 6) is 0.371. The fourth-order valence-corrected chi connectivity index (χ4v) is 2.09. The topological polar surface area (TPSA) is 47.3 Å². The highest BCUT2D eigenvalue weighted by molar-refractivity contribution is 5.52. The second-order valence-electron chi connectivity index (χ2n) is 4.51. The van der Waals surface area contributed by atoms with E-state index in [-0.39, 0.29) is 11.5 Å². The van der Waals surface area contributed by atoms with Crippen LogP contribution >= 0.6 is 0 Å². The number of nitrogens with two attached hydrogens (primary N) is 1. The fraction of sp³-hybridized carbons (Fsp3) is 0.538. The Hall–Kier alpha value is -1.29. The molecule has 1 aliphatic heterocycles. The van der Waals surface area contributed by atoms with Gasteiger partial charge in [-0.15, -0.1) is 0 Å². The Morgan fingerprint density at radius 1 is 1.35 bits per heavy atom. The van der Waals surface area contributed by atoms with Gasteiger partial charge in [0.2, 0.25) is 0 Å². The van der Waals surface area contributed by atoms with Crippen molar-refractivity contribution in [2.75, 3.05) is 30.8 Å². The molecule has 0 atom stereocenters. The van der Waals surface area contributed by atoms with Crippen LogP contribution in [0.15, 0.2) is 18.2 Å². The van der Waals surface area contributed by atoms with Crippen molar-refractivity contribution in [1.82, 2.24) is 0 Å². The number of ether oxygens (including phenoxy) is 1. The van der Waals surface area contributed by atoms with Crippen LogP contribution in [0.2, 0.25) is 0 Å². The highest BCUT2D eigenvalue weighted by Crippen LogP contribution is 2.19. The van der Waals surface area contributed by atoms with E-state index in [1.54, 1.807) is 6.07 Å². The van der Waals surface area contributed by atoms with E-state index < -0.39 is 0 Å². The third-order valence-electron chi connectivity index (χ3n) is 3.22. The Bertz CT molecular complexity index is 364. The Balaban J connectivity index is 1.75. The third-order valence-corrected chi connectivity index (χ3v) is 3.22. The van der Waals surface area contributed by atoms with E-state index in [2.05, 4.69) is 5.32 Å². The van der Waals surface area contributed by atoms with E-state index in [1.165, 1.54) is 6.07 Å². The summed E-state index contributed by atoms with van der Waals surface area (Å²) in [6, 6.07) is 4.84. The van der Waals surface area contributed by atoms with E-state index in [9.17, 15) is 4.39 Å². The number of nitrogen functional groups attached to an aromatic ring is 1. The molecule has 0 bridgehead atoms. The molecular formula is C13H19FN2O. The summed E-state index contributed by atoms with van der Waals surface area (Å²) in [4.78, 5) is 0. The lowest BCUT2D eigenvalue weighted by Gasteiger charge is -2.22. The summed E-state index contributed by atoms with van der Waals surface area (Å²) in [6.45, 7) is 2.62. The normalized spacial score (nSPS) is 17.0. The Morgan fingerprint density at radius 3 is 2.82 bits per heavy atom. The number of benzene rings is 1. The lowest BCUT2D eigenvalue weighted by Crippen LogP contribution is -2.18. The molecule has 1 aromatic rings. The van der Waals surface area contributed by atoms with E-state index in [0.29, 0.717) is 0 Å². The highest BCUT2D eigenvalue weighted by Gasteiger charge is 2.12. The van der Waals surface area contributed by atoms with E-state index in [4.69, 9.17) is 10.5 Å². The number of hydrogen-bond acceptors (Lipinski definition) is 3. The van der Waals surface area contributed by atoms with Crippen molar-refractivity contribution < 1.29 is 9.13 Å². The molecule has 0 saturated carbocycles. The van der Waals surface area contributed by atoms with Gasteiger partial charge in [-0.2, -0.15) is 0 Å². The van der Waals surface area contributed by atoms with E-state index in [0.717, 1.165) is 50.6 Å². The first kappa shape index (κ1) is 12.2. The molecule has 1 aliphatic rings. The monoisotopic (exact) mass is 238 g/mol. The zero-order chi connectivity index (χ0) is 12.1. The molecule has 1 saturated heterocycles. The molecule has 1 aromatic carbocycles. The summed E-state index contributed by atoms with van der Waals surface area (Å²) in [7, 11) is 0. The molecule has 0 aromatic heterocycles. The molecule has 3 N–H and O–H groups in total. The van der Waals surface area contributed by atoms with Crippen molar-refractivity contribution in [3.63, 3.8) is 0 Å². The Kier molecular flexibility index (Phi) is 4.20. The molecule has 0 aliphatic carbocycles. The number of anilines is 2. The zero-order valence-corrected chi connectivity index (χ0v) is 9.92. The average molecular weight is 238 g/mol. The van der Waals surface area contributed by atoms with Crippen LogP contribution in [-0.2, 0) is 4.74 Å². The molecule has 4 heteroatoms. The van der Waals surface area contributed by atoms with Crippen LogP contribution in [0.4, 0.5) is 15.8 Å². The molecule has 94 valence electrons. The van der Waals surface area contributed by atoms with Crippen LogP contribution in [-0.4, -0.2) is 19.8 Å². The summed E-state index contributed by atoms with van der Waals surface area (Å²) in [6.07, 6.45) is 3.38. The molecule has 1 heterocycles. The lowest BCUT2D eigenvalue weighted by atomic mass is 9.97. The largest absolute Gasteiger partial charge is 0.396 e. The van der Waals surface area contributed by atoms with Crippen molar-refractivity contribution in [3.05, 3.63) is 24.0 Å². The zero-order valence-electron chi connectivity index (χ0n) is 9.92. The SMILES string of the molecule is Nc1ccc(NCCC2CCOCC2)cc1F. The van der Waals surface area contributed by atoms with Gasteiger partial charge in [-0.25, -0.2) is 4.39 Å². The van der Waals surface area contributed by atoms with Crippen molar-refractivity contribution in [1.29, 1.82) is 0 Å². The molecule has 2 rings (SSSR count). The number of nitrogens with one attached hydrogen (secondary N) is 1. The molecule has 0 radical (unpaired) electrons. The van der Waals surface area contributed by atoms with Crippen LogP contribution in [0.3, 0.4) is 0 Å². The van der Waals surface area contributed by atoms with Gasteiger partial charge in [-0.05, 0) is 43.4 Å².